The Morgan fingerprint density at radius 2 is 1.92 bits per heavy atom. The second-order valence-electron chi connectivity index (χ2n) is 6.88. The van der Waals surface area contributed by atoms with Crippen LogP contribution in [-0.2, 0) is 0 Å². The molecule has 136 valence electrons. The number of benzene rings is 2. The van der Waals surface area contributed by atoms with E-state index in [-0.39, 0.29) is 5.91 Å². The normalized spacial score (nSPS) is 12.5. The molecular formula is C21H26N4O. The lowest BCUT2D eigenvalue weighted by molar-refractivity contribution is 0.0945. The molecule has 26 heavy (non-hydrogen) atoms. The van der Waals surface area contributed by atoms with Gasteiger partial charge >= 0.3 is 0 Å². The maximum atomic E-state index is 12.4. The van der Waals surface area contributed by atoms with Gasteiger partial charge in [-0.25, -0.2) is 4.98 Å². The molecule has 1 amide bonds. The second-order valence-corrected chi connectivity index (χ2v) is 6.88. The summed E-state index contributed by atoms with van der Waals surface area (Å²) >= 11 is 0. The van der Waals surface area contributed by atoms with Crippen LogP contribution in [0.15, 0.2) is 48.8 Å². The molecule has 0 aliphatic heterocycles. The van der Waals surface area contributed by atoms with Crippen molar-refractivity contribution < 1.29 is 4.79 Å². The smallest absolute Gasteiger partial charge is 0.251 e. The van der Waals surface area contributed by atoms with E-state index in [4.69, 9.17) is 0 Å². The Balaban J connectivity index is 1.62. The van der Waals surface area contributed by atoms with Gasteiger partial charge in [0.2, 0.25) is 0 Å². The fourth-order valence-corrected chi connectivity index (χ4v) is 3.02. The average molecular weight is 350 g/mol. The van der Waals surface area contributed by atoms with Crippen LogP contribution in [0.3, 0.4) is 0 Å². The predicted molar refractivity (Wildman–Crippen MR) is 106 cm³/mol. The maximum absolute atomic E-state index is 12.4. The standard InChI is InChI=1S/C21H26N4O/c1-4-25(3)13-15(2)12-22-21(26)17-7-5-16(6-8-17)18-9-10-19-20(11-18)24-14-23-19/h5-11,14-15H,4,12-13H2,1-3H3,(H,22,26)(H,23,24)/t15-/m1/s1. The Morgan fingerprint density at radius 1 is 1.19 bits per heavy atom. The van der Waals surface area contributed by atoms with Crippen molar-refractivity contribution in [3.63, 3.8) is 0 Å². The summed E-state index contributed by atoms with van der Waals surface area (Å²) in [5.41, 5.74) is 4.83. The topological polar surface area (TPSA) is 61.0 Å². The van der Waals surface area contributed by atoms with Crippen molar-refractivity contribution in [2.45, 2.75) is 13.8 Å². The van der Waals surface area contributed by atoms with Crippen molar-refractivity contribution >= 4 is 16.9 Å². The molecule has 2 aromatic carbocycles. The van der Waals surface area contributed by atoms with Crippen molar-refractivity contribution in [2.75, 3.05) is 26.7 Å². The lowest BCUT2D eigenvalue weighted by Gasteiger charge is -2.19. The third-order valence-electron chi connectivity index (χ3n) is 4.67. The van der Waals surface area contributed by atoms with Crippen molar-refractivity contribution in [1.29, 1.82) is 0 Å². The molecule has 0 saturated heterocycles. The van der Waals surface area contributed by atoms with Crippen molar-refractivity contribution in [3.8, 4) is 11.1 Å². The first-order valence-corrected chi connectivity index (χ1v) is 9.07. The van der Waals surface area contributed by atoms with Crippen LogP contribution in [0.25, 0.3) is 22.2 Å². The minimum atomic E-state index is -0.0217. The summed E-state index contributed by atoms with van der Waals surface area (Å²) in [5, 5.41) is 3.03. The number of imidazole rings is 1. The van der Waals surface area contributed by atoms with Crippen molar-refractivity contribution in [3.05, 3.63) is 54.4 Å². The van der Waals surface area contributed by atoms with Crippen LogP contribution in [0.4, 0.5) is 0 Å². The molecule has 0 unspecified atom stereocenters. The van der Waals surface area contributed by atoms with Gasteiger partial charge in [-0.15, -0.1) is 0 Å². The van der Waals surface area contributed by atoms with E-state index in [1.54, 1.807) is 6.33 Å². The zero-order valence-electron chi connectivity index (χ0n) is 15.6. The summed E-state index contributed by atoms with van der Waals surface area (Å²) in [6.07, 6.45) is 1.70. The van der Waals surface area contributed by atoms with Crippen LogP contribution in [0.1, 0.15) is 24.2 Å². The van der Waals surface area contributed by atoms with Gasteiger partial charge in [-0.1, -0.05) is 32.0 Å². The van der Waals surface area contributed by atoms with Gasteiger partial charge in [0.05, 0.1) is 17.4 Å². The Kier molecular flexibility index (Phi) is 5.68. The van der Waals surface area contributed by atoms with Crippen LogP contribution < -0.4 is 5.32 Å². The van der Waals surface area contributed by atoms with Gasteiger partial charge in [-0.2, -0.15) is 0 Å². The van der Waals surface area contributed by atoms with Crippen LogP contribution >= 0.6 is 0 Å². The van der Waals surface area contributed by atoms with E-state index < -0.39 is 0 Å². The fraction of sp³-hybridized carbons (Fsp3) is 0.333. The highest BCUT2D eigenvalue weighted by Gasteiger charge is 2.10. The summed E-state index contributed by atoms with van der Waals surface area (Å²) in [6, 6.07) is 13.8. The summed E-state index contributed by atoms with van der Waals surface area (Å²) in [4.78, 5) is 22.0. The molecule has 0 saturated carbocycles. The number of carbonyl (C=O) groups is 1. The highest BCUT2D eigenvalue weighted by atomic mass is 16.1. The zero-order chi connectivity index (χ0) is 18.5. The molecule has 0 spiro atoms. The van der Waals surface area contributed by atoms with E-state index in [1.807, 2.05) is 36.4 Å². The average Bonchev–Trinajstić information content (AvgIpc) is 3.14. The van der Waals surface area contributed by atoms with Gasteiger partial charge < -0.3 is 15.2 Å². The largest absolute Gasteiger partial charge is 0.352 e. The molecule has 0 aliphatic rings. The van der Waals surface area contributed by atoms with Gasteiger partial charge in [0.15, 0.2) is 0 Å². The molecule has 5 nitrogen and oxygen atoms in total. The quantitative estimate of drug-likeness (QED) is 0.685. The highest BCUT2D eigenvalue weighted by Crippen LogP contribution is 2.23. The first-order valence-electron chi connectivity index (χ1n) is 9.07. The van der Waals surface area contributed by atoms with Crippen molar-refractivity contribution in [2.24, 2.45) is 5.92 Å². The molecule has 0 radical (unpaired) electrons. The van der Waals surface area contributed by atoms with Crippen LogP contribution in [-0.4, -0.2) is 47.5 Å². The number of carbonyl (C=O) groups excluding carboxylic acids is 1. The summed E-state index contributed by atoms with van der Waals surface area (Å²) in [7, 11) is 2.09. The zero-order valence-corrected chi connectivity index (χ0v) is 15.6. The van der Waals surface area contributed by atoms with Crippen LogP contribution in [0.5, 0.6) is 0 Å². The lowest BCUT2D eigenvalue weighted by atomic mass is 10.0. The molecule has 0 fully saturated rings. The fourth-order valence-electron chi connectivity index (χ4n) is 3.02. The van der Waals surface area contributed by atoms with Gasteiger partial charge in [-0.05, 0) is 54.9 Å². The Hall–Kier alpha value is -2.66. The van der Waals surface area contributed by atoms with Gasteiger partial charge in [-0.3, -0.25) is 4.79 Å². The minimum Gasteiger partial charge on any atom is -0.352 e. The molecule has 0 aliphatic carbocycles. The van der Waals surface area contributed by atoms with E-state index in [9.17, 15) is 4.79 Å². The number of nitrogens with one attached hydrogen (secondary N) is 2. The third-order valence-corrected chi connectivity index (χ3v) is 4.67. The number of rotatable bonds is 7. The SMILES string of the molecule is CCN(C)C[C@H](C)CNC(=O)c1ccc(-c2ccc3nc[nH]c3c2)cc1. The van der Waals surface area contributed by atoms with Gasteiger partial charge in [0.1, 0.15) is 0 Å². The maximum Gasteiger partial charge on any atom is 0.251 e. The lowest BCUT2D eigenvalue weighted by Crippen LogP contribution is -2.33. The molecule has 2 N–H and O–H groups in total. The molecule has 1 aromatic heterocycles. The molecule has 3 rings (SSSR count). The van der Waals surface area contributed by atoms with E-state index in [1.165, 1.54) is 0 Å². The van der Waals surface area contributed by atoms with E-state index in [0.717, 1.165) is 35.2 Å². The minimum absolute atomic E-state index is 0.0217. The predicted octanol–water partition coefficient (Wildman–Crippen LogP) is 3.55. The number of amides is 1. The number of aromatic amines is 1. The first-order chi connectivity index (χ1) is 12.6. The van der Waals surface area contributed by atoms with E-state index in [0.29, 0.717) is 18.0 Å². The summed E-state index contributed by atoms with van der Waals surface area (Å²) in [6.45, 7) is 6.97. The van der Waals surface area contributed by atoms with E-state index >= 15 is 0 Å². The number of hydrogen-bond acceptors (Lipinski definition) is 3. The van der Waals surface area contributed by atoms with Gasteiger partial charge in [0.25, 0.3) is 5.91 Å². The Bertz CT molecular complexity index is 869. The molecule has 3 aromatic rings. The molecule has 0 bridgehead atoms. The molecule has 1 heterocycles. The van der Waals surface area contributed by atoms with E-state index in [2.05, 4.69) is 47.1 Å². The number of aromatic nitrogens is 2. The number of fused-ring (bicyclic) bond motifs is 1. The van der Waals surface area contributed by atoms with Gasteiger partial charge in [0, 0.05) is 18.7 Å². The first kappa shape index (κ1) is 18.1. The van der Waals surface area contributed by atoms with Crippen molar-refractivity contribution in [1.82, 2.24) is 20.2 Å². The Labute approximate surface area is 154 Å². The molecule has 1 atom stereocenters. The van der Waals surface area contributed by atoms with Crippen LogP contribution in [0, 0.1) is 5.92 Å². The third kappa shape index (κ3) is 4.29. The summed E-state index contributed by atoms with van der Waals surface area (Å²) < 4.78 is 0. The highest BCUT2D eigenvalue weighted by molar-refractivity contribution is 5.94. The number of nitrogens with zero attached hydrogens (tertiary/aromatic N) is 2. The monoisotopic (exact) mass is 350 g/mol. The Morgan fingerprint density at radius 3 is 2.65 bits per heavy atom. The number of H-pyrrole nitrogens is 1. The molecular weight excluding hydrogens is 324 g/mol. The molecule has 5 heteroatoms. The number of hydrogen-bond donors (Lipinski definition) is 2. The van der Waals surface area contributed by atoms with Crippen LogP contribution in [0.2, 0.25) is 0 Å². The summed E-state index contributed by atoms with van der Waals surface area (Å²) in [5.74, 6) is 0.399. The second kappa shape index (κ2) is 8.15.